The summed E-state index contributed by atoms with van der Waals surface area (Å²) in [5.74, 6) is -0.327. The van der Waals surface area contributed by atoms with E-state index >= 15 is 0 Å². The molecule has 1 aromatic rings. The minimum absolute atomic E-state index is 0.0977. The number of carbonyl (C=O) groups excluding carboxylic acids is 2. The second-order valence-electron chi connectivity index (χ2n) is 6.86. The molecule has 1 aliphatic rings. The Balaban J connectivity index is 1.89. The number of rotatable bonds is 6. The van der Waals surface area contributed by atoms with Gasteiger partial charge in [0, 0.05) is 11.5 Å². The normalized spacial score (nSPS) is 16.0. The third-order valence-corrected chi connectivity index (χ3v) is 5.56. The van der Waals surface area contributed by atoms with Crippen molar-refractivity contribution < 1.29 is 9.59 Å². The van der Waals surface area contributed by atoms with E-state index in [0.717, 1.165) is 36.6 Å². The summed E-state index contributed by atoms with van der Waals surface area (Å²) in [7, 11) is 3.43. The fraction of sp³-hybridized carbons (Fsp3) is 0.526. The summed E-state index contributed by atoms with van der Waals surface area (Å²) in [6.07, 6.45) is 4.49. The predicted molar refractivity (Wildman–Crippen MR) is 104 cm³/mol. The summed E-state index contributed by atoms with van der Waals surface area (Å²) in [5.41, 5.74) is -0.00663. The molecule has 0 spiro atoms. The van der Waals surface area contributed by atoms with E-state index in [2.05, 4.69) is 27.3 Å². The zero-order valence-corrected chi connectivity index (χ0v) is 16.9. The van der Waals surface area contributed by atoms with Crippen molar-refractivity contribution in [1.29, 1.82) is 5.26 Å². The molecule has 26 heavy (non-hydrogen) atoms. The first-order valence-electron chi connectivity index (χ1n) is 8.79. The first-order chi connectivity index (χ1) is 12.4. The van der Waals surface area contributed by atoms with Gasteiger partial charge in [-0.3, -0.25) is 14.5 Å². The highest BCUT2D eigenvalue weighted by Crippen LogP contribution is 2.32. The summed E-state index contributed by atoms with van der Waals surface area (Å²) < 4.78 is 0.806. The van der Waals surface area contributed by atoms with Crippen molar-refractivity contribution in [3.8, 4) is 6.07 Å². The van der Waals surface area contributed by atoms with Crippen LogP contribution in [0.1, 0.15) is 32.1 Å². The number of anilines is 1. The highest BCUT2D eigenvalue weighted by atomic mass is 79.9. The molecule has 2 amide bonds. The van der Waals surface area contributed by atoms with Crippen molar-refractivity contribution >= 4 is 33.4 Å². The fourth-order valence-corrected chi connectivity index (χ4v) is 3.67. The lowest BCUT2D eigenvalue weighted by molar-refractivity contribution is -0.136. The summed E-state index contributed by atoms with van der Waals surface area (Å²) in [5, 5.41) is 12.4. The second-order valence-corrected chi connectivity index (χ2v) is 7.71. The van der Waals surface area contributed by atoms with Crippen LogP contribution in [0.2, 0.25) is 0 Å². The lowest BCUT2D eigenvalue weighted by Crippen LogP contribution is -2.52. The van der Waals surface area contributed by atoms with E-state index in [-0.39, 0.29) is 24.9 Å². The van der Waals surface area contributed by atoms with Crippen molar-refractivity contribution in [2.24, 2.45) is 0 Å². The zero-order valence-electron chi connectivity index (χ0n) is 15.3. The number of halogens is 1. The molecular weight excluding hydrogens is 396 g/mol. The molecule has 0 heterocycles. The van der Waals surface area contributed by atoms with E-state index in [0.29, 0.717) is 5.69 Å². The molecule has 0 aromatic heterocycles. The Labute approximate surface area is 163 Å². The molecule has 1 saturated carbocycles. The maximum atomic E-state index is 12.6. The van der Waals surface area contributed by atoms with Gasteiger partial charge in [-0.2, -0.15) is 5.26 Å². The van der Waals surface area contributed by atoms with Gasteiger partial charge < -0.3 is 10.2 Å². The molecule has 2 rings (SSSR count). The number of carbonyl (C=O) groups is 2. The third-order valence-electron chi connectivity index (χ3n) is 4.87. The van der Waals surface area contributed by atoms with Gasteiger partial charge in [0.1, 0.15) is 5.54 Å². The molecule has 0 unspecified atom stereocenters. The van der Waals surface area contributed by atoms with E-state index in [1.165, 1.54) is 0 Å². The number of amides is 2. The maximum absolute atomic E-state index is 12.6. The molecule has 0 radical (unpaired) electrons. The molecule has 1 N–H and O–H groups in total. The van der Waals surface area contributed by atoms with Gasteiger partial charge in [0.25, 0.3) is 0 Å². The Kier molecular flexibility index (Phi) is 7.18. The summed E-state index contributed by atoms with van der Waals surface area (Å²) >= 11 is 3.39. The SMILES string of the molecule is CN(CC(=O)Nc1ccccc1Br)CC(=O)N(C)C1(C#N)CCCCC1. The van der Waals surface area contributed by atoms with Crippen LogP contribution in [0.15, 0.2) is 28.7 Å². The number of nitrogens with zero attached hydrogens (tertiary/aromatic N) is 3. The highest BCUT2D eigenvalue weighted by Gasteiger charge is 2.38. The van der Waals surface area contributed by atoms with Crippen molar-refractivity contribution in [2.75, 3.05) is 32.5 Å². The summed E-state index contributed by atoms with van der Waals surface area (Å²) in [6.45, 7) is 0.198. The van der Waals surface area contributed by atoms with Crippen molar-refractivity contribution in [1.82, 2.24) is 9.80 Å². The first-order valence-corrected chi connectivity index (χ1v) is 9.58. The largest absolute Gasteiger partial charge is 0.326 e. The molecule has 0 aliphatic heterocycles. The van der Waals surface area contributed by atoms with E-state index in [9.17, 15) is 14.9 Å². The molecule has 6 nitrogen and oxygen atoms in total. The van der Waals surface area contributed by atoms with Gasteiger partial charge in [-0.05, 0) is 48.0 Å². The van der Waals surface area contributed by atoms with Gasteiger partial charge in [-0.25, -0.2) is 0 Å². The molecule has 0 saturated heterocycles. The number of nitrogens with one attached hydrogen (secondary N) is 1. The lowest BCUT2D eigenvalue weighted by atomic mass is 9.81. The molecule has 1 aromatic carbocycles. The van der Waals surface area contributed by atoms with E-state index < -0.39 is 5.54 Å². The zero-order chi connectivity index (χ0) is 19.2. The van der Waals surface area contributed by atoms with Crippen LogP contribution >= 0.6 is 15.9 Å². The van der Waals surface area contributed by atoms with Gasteiger partial charge in [0.2, 0.25) is 11.8 Å². The smallest absolute Gasteiger partial charge is 0.238 e. The van der Waals surface area contributed by atoms with Crippen LogP contribution in [0.3, 0.4) is 0 Å². The molecule has 0 atom stereocenters. The Morgan fingerprint density at radius 1 is 1.19 bits per heavy atom. The average molecular weight is 421 g/mol. The van der Waals surface area contributed by atoms with Crippen LogP contribution in [-0.4, -0.2) is 54.3 Å². The molecule has 140 valence electrons. The van der Waals surface area contributed by atoms with Crippen LogP contribution in [0.5, 0.6) is 0 Å². The Morgan fingerprint density at radius 3 is 2.46 bits per heavy atom. The Morgan fingerprint density at radius 2 is 1.85 bits per heavy atom. The Hall–Kier alpha value is -1.91. The van der Waals surface area contributed by atoms with Gasteiger partial charge in [0.05, 0.1) is 24.8 Å². The van der Waals surface area contributed by atoms with Gasteiger partial charge in [-0.15, -0.1) is 0 Å². The van der Waals surface area contributed by atoms with Crippen LogP contribution in [-0.2, 0) is 9.59 Å². The topological polar surface area (TPSA) is 76.4 Å². The van der Waals surface area contributed by atoms with Crippen LogP contribution < -0.4 is 5.32 Å². The van der Waals surface area contributed by atoms with Gasteiger partial charge in [0.15, 0.2) is 0 Å². The average Bonchev–Trinajstić information content (AvgIpc) is 2.63. The highest BCUT2D eigenvalue weighted by molar-refractivity contribution is 9.10. The predicted octanol–water partition coefficient (Wildman–Crippen LogP) is 3.00. The van der Waals surface area contributed by atoms with Crippen molar-refractivity contribution in [3.63, 3.8) is 0 Å². The van der Waals surface area contributed by atoms with Crippen molar-refractivity contribution in [3.05, 3.63) is 28.7 Å². The monoisotopic (exact) mass is 420 g/mol. The first kappa shape index (κ1) is 20.4. The molecule has 1 aliphatic carbocycles. The number of nitriles is 1. The van der Waals surface area contributed by atoms with Gasteiger partial charge >= 0.3 is 0 Å². The maximum Gasteiger partial charge on any atom is 0.238 e. The minimum atomic E-state index is -0.701. The standard InChI is InChI=1S/C19H25BrN4O2/c1-23(12-17(25)22-16-9-5-4-8-15(16)20)13-18(26)24(2)19(14-21)10-6-3-7-11-19/h4-5,8-9H,3,6-7,10-13H2,1-2H3,(H,22,25). The van der Waals surface area contributed by atoms with E-state index in [4.69, 9.17) is 0 Å². The summed E-state index contributed by atoms with van der Waals surface area (Å²) in [4.78, 5) is 28.0. The van der Waals surface area contributed by atoms with Gasteiger partial charge in [-0.1, -0.05) is 31.4 Å². The number of benzene rings is 1. The quantitative estimate of drug-likeness (QED) is 0.766. The number of likely N-dealkylation sites (N-methyl/N-ethyl adjacent to an activating group) is 2. The lowest BCUT2D eigenvalue weighted by Gasteiger charge is -2.39. The number of hydrogen-bond donors (Lipinski definition) is 1. The summed E-state index contributed by atoms with van der Waals surface area (Å²) in [6, 6.07) is 9.72. The third kappa shape index (κ3) is 5.05. The van der Waals surface area contributed by atoms with E-state index in [1.807, 2.05) is 18.2 Å². The minimum Gasteiger partial charge on any atom is -0.326 e. The fourth-order valence-electron chi connectivity index (χ4n) is 3.29. The molecule has 0 bridgehead atoms. The van der Waals surface area contributed by atoms with Crippen LogP contribution in [0.4, 0.5) is 5.69 Å². The van der Waals surface area contributed by atoms with Crippen molar-refractivity contribution in [2.45, 2.75) is 37.6 Å². The van der Waals surface area contributed by atoms with Crippen LogP contribution in [0, 0.1) is 11.3 Å². The van der Waals surface area contributed by atoms with E-state index in [1.54, 1.807) is 30.0 Å². The molecule has 7 heteroatoms. The Bertz CT molecular complexity index is 695. The number of para-hydroxylation sites is 1. The molecule has 1 fully saturated rings. The second kappa shape index (κ2) is 9.15. The molecular formula is C19H25BrN4O2. The number of hydrogen-bond acceptors (Lipinski definition) is 4. The van der Waals surface area contributed by atoms with Crippen LogP contribution in [0.25, 0.3) is 0 Å².